The zero-order valence-electron chi connectivity index (χ0n) is 10.7. The van der Waals surface area contributed by atoms with Gasteiger partial charge in [0.15, 0.2) is 0 Å². The summed E-state index contributed by atoms with van der Waals surface area (Å²) < 4.78 is 26.4. The summed E-state index contributed by atoms with van der Waals surface area (Å²) in [5.74, 6) is 0. The number of nitrogens with zero attached hydrogens (tertiary/aromatic N) is 1. The third-order valence-electron chi connectivity index (χ3n) is 2.64. The number of sulfonamides is 1. The quantitative estimate of drug-likeness (QED) is 0.896. The lowest BCUT2D eigenvalue weighted by Crippen LogP contribution is -2.29. The van der Waals surface area contributed by atoms with E-state index in [0.717, 1.165) is 5.56 Å². The Kier molecular flexibility index (Phi) is 5.33. The summed E-state index contributed by atoms with van der Waals surface area (Å²) >= 11 is 3.28. The molecule has 102 valence electrons. The fourth-order valence-corrected chi connectivity index (χ4v) is 3.81. The van der Waals surface area contributed by atoms with Crippen molar-refractivity contribution in [2.24, 2.45) is 0 Å². The van der Waals surface area contributed by atoms with Crippen LogP contribution >= 0.6 is 15.9 Å². The zero-order chi connectivity index (χ0) is 13.9. The molecule has 1 unspecified atom stereocenters. The highest BCUT2D eigenvalue weighted by Crippen LogP contribution is 2.25. The van der Waals surface area contributed by atoms with Crippen molar-refractivity contribution in [3.05, 3.63) is 28.2 Å². The molecule has 0 aliphatic carbocycles. The van der Waals surface area contributed by atoms with Gasteiger partial charge in [0.1, 0.15) is 0 Å². The van der Waals surface area contributed by atoms with E-state index in [4.69, 9.17) is 0 Å². The summed E-state index contributed by atoms with van der Waals surface area (Å²) in [6.45, 7) is 3.83. The van der Waals surface area contributed by atoms with Crippen LogP contribution < -0.4 is 0 Å². The summed E-state index contributed by atoms with van der Waals surface area (Å²) in [6.07, 6.45) is -0.0942. The largest absolute Gasteiger partial charge is 0.393 e. The van der Waals surface area contributed by atoms with Gasteiger partial charge in [-0.05, 0) is 53.9 Å². The molecule has 18 heavy (non-hydrogen) atoms. The lowest BCUT2D eigenvalue weighted by Gasteiger charge is -2.18. The molecule has 4 nitrogen and oxygen atoms in total. The van der Waals surface area contributed by atoms with Crippen molar-refractivity contribution in [3.63, 3.8) is 0 Å². The minimum absolute atomic E-state index is 0.251. The number of rotatable bonds is 5. The maximum atomic E-state index is 12.3. The number of halogens is 1. The van der Waals surface area contributed by atoms with Crippen molar-refractivity contribution in [2.45, 2.75) is 31.3 Å². The molecule has 0 aliphatic rings. The van der Waals surface area contributed by atoms with Crippen LogP contribution in [-0.2, 0) is 10.0 Å². The average Bonchev–Trinajstić information content (AvgIpc) is 2.24. The van der Waals surface area contributed by atoms with E-state index < -0.39 is 16.1 Å². The van der Waals surface area contributed by atoms with Gasteiger partial charge in [0.25, 0.3) is 0 Å². The highest BCUT2D eigenvalue weighted by atomic mass is 79.9. The molecule has 6 heteroatoms. The van der Waals surface area contributed by atoms with Gasteiger partial charge in [-0.3, -0.25) is 0 Å². The number of aliphatic hydroxyl groups is 1. The smallest absolute Gasteiger partial charge is 0.243 e. The first kappa shape index (κ1) is 15.6. The summed E-state index contributed by atoms with van der Waals surface area (Å²) in [5.41, 5.74) is 0.993. The Balaban J connectivity index is 2.98. The normalized spacial score (nSPS) is 13.9. The molecule has 0 amide bonds. The molecule has 1 atom stereocenters. The zero-order valence-corrected chi connectivity index (χ0v) is 13.1. The van der Waals surface area contributed by atoms with E-state index in [0.29, 0.717) is 17.4 Å². The lowest BCUT2D eigenvalue weighted by atomic mass is 10.2. The first-order valence-electron chi connectivity index (χ1n) is 5.65. The van der Waals surface area contributed by atoms with Gasteiger partial charge in [0.05, 0.1) is 11.0 Å². The van der Waals surface area contributed by atoms with Crippen LogP contribution in [0.2, 0.25) is 0 Å². The molecular weight excluding hydrogens is 318 g/mol. The van der Waals surface area contributed by atoms with E-state index in [9.17, 15) is 13.5 Å². The summed E-state index contributed by atoms with van der Waals surface area (Å²) in [4.78, 5) is 0.251. The molecule has 0 fully saturated rings. The minimum atomic E-state index is -3.51. The van der Waals surface area contributed by atoms with E-state index in [2.05, 4.69) is 15.9 Å². The minimum Gasteiger partial charge on any atom is -0.393 e. The standard InChI is InChI=1S/C12H18BrNO3S/c1-9-4-5-12(11(13)8-9)18(16,17)14(3)7-6-10(2)15/h4-5,8,10,15H,6-7H2,1-3H3. The van der Waals surface area contributed by atoms with E-state index in [-0.39, 0.29) is 4.90 Å². The third kappa shape index (κ3) is 3.78. The second-order valence-corrected chi connectivity index (χ2v) is 7.27. The Hall–Kier alpha value is -0.430. The molecule has 0 heterocycles. The first-order chi connectivity index (χ1) is 8.25. The van der Waals surface area contributed by atoms with E-state index in [1.165, 1.54) is 11.4 Å². The van der Waals surface area contributed by atoms with Crippen molar-refractivity contribution in [1.29, 1.82) is 0 Å². The lowest BCUT2D eigenvalue weighted by molar-refractivity contribution is 0.177. The number of benzene rings is 1. The highest BCUT2D eigenvalue weighted by molar-refractivity contribution is 9.10. The Bertz CT molecular complexity index is 514. The molecule has 1 rings (SSSR count). The van der Waals surface area contributed by atoms with Crippen molar-refractivity contribution in [3.8, 4) is 0 Å². The van der Waals surface area contributed by atoms with Crippen LogP contribution in [0, 0.1) is 6.92 Å². The third-order valence-corrected chi connectivity index (χ3v) is 5.47. The van der Waals surface area contributed by atoms with E-state index in [1.807, 2.05) is 6.92 Å². The van der Waals surface area contributed by atoms with E-state index >= 15 is 0 Å². The average molecular weight is 336 g/mol. The van der Waals surface area contributed by atoms with Crippen LogP contribution in [0.15, 0.2) is 27.6 Å². The molecule has 0 spiro atoms. The van der Waals surface area contributed by atoms with Crippen LogP contribution in [0.25, 0.3) is 0 Å². The molecule has 0 aromatic heterocycles. The number of hydrogen-bond donors (Lipinski definition) is 1. The summed E-state index contributed by atoms with van der Waals surface area (Å²) in [6, 6.07) is 5.13. The fraction of sp³-hybridized carbons (Fsp3) is 0.500. The molecule has 0 bridgehead atoms. The Morgan fingerprint density at radius 3 is 2.56 bits per heavy atom. The first-order valence-corrected chi connectivity index (χ1v) is 7.89. The summed E-state index contributed by atoms with van der Waals surface area (Å²) in [5, 5.41) is 9.20. The van der Waals surface area contributed by atoms with E-state index in [1.54, 1.807) is 25.1 Å². The SMILES string of the molecule is Cc1ccc(S(=O)(=O)N(C)CCC(C)O)c(Br)c1. The van der Waals surface area contributed by atoms with Gasteiger partial charge in [-0.15, -0.1) is 0 Å². The molecule has 0 saturated heterocycles. The molecule has 1 aromatic carbocycles. The second kappa shape index (κ2) is 6.14. The predicted octanol–water partition coefficient (Wildman–Crippen LogP) is 2.15. The van der Waals surface area contributed by atoms with Gasteiger partial charge in [-0.25, -0.2) is 12.7 Å². The molecular formula is C12H18BrNO3S. The van der Waals surface area contributed by atoms with Crippen molar-refractivity contribution < 1.29 is 13.5 Å². The Labute approximate surface area is 117 Å². The predicted molar refractivity (Wildman–Crippen MR) is 75.0 cm³/mol. The van der Waals surface area contributed by atoms with Gasteiger partial charge in [0, 0.05) is 18.1 Å². The van der Waals surface area contributed by atoms with Crippen molar-refractivity contribution in [2.75, 3.05) is 13.6 Å². The monoisotopic (exact) mass is 335 g/mol. The van der Waals surface area contributed by atoms with Gasteiger partial charge < -0.3 is 5.11 Å². The summed E-state index contributed by atoms with van der Waals surface area (Å²) in [7, 11) is -1.99. The van der Waals surface area contributed by atoms with Gasteiger partial charge >= 0.3 is 0 Å². The molecule has 0 radical (unpaired) electrons. The number of hydrogen-bond acceptors (Lipinski definition) is 3. The molecule has 1 N–H and O–H groups in total. The second-order valence-electron chi connectivity index (χ2n) is 4.40. The topological polar surface area (TPSA) is 57.6 Å². The number of aryl methyl sites for hydroxylation is 1. The fourth-order valence-electron chi connectivity index (χ4n) is 1.47. The van der Waals surface area contributed by atoms with Crippen LogP contribution in [0.4, 0.5) is 0 Å². The van der Waals surface area contributed by atoms with Gasteiger partial charge in [0.2, 0.25) is 10.0 Å². The van der Waals surface area contributed by atoms with Crippen molar-refractivity contribution in [1.82, 2.24) is 4.31 Å². The Morgan fingerprint density at radius 1 is 1.44 bits per heavy atom. The molecule has 1 aromatic rings. The van der Waals surface area contributed by atoms with Crippen LogP contribution in [0.1, 0.15) is 18.9 Å². The molecule has 0 saturated carbocycles. The highest BCUT2D eigenvalue weighted by Gasteiger charge is 2.23. The maximum absolute atomic E-state index is 12.3. The Morgan fingerprint density at radius 2 is 2.06 bits per heavy atom. The van der Waals surface area contributed by atoms with Crippen LogP contribution in [-0.4, -0.2) is 37.5 Å². The number of aliphatic hydroxyl groups excluding tert-OH is 1. The van der Waals surface area contributed by atoms with Crippen LogP contribution in [0.3, 0.4) is 0 Å². The van der Waals surface area contributed by atoms with Gasteiger partial charge in [-0.2, -0.15) is 0 Å². The maximum Gasteiger partial charge on any atom is 0.243 e. The van der Waals surface area contributed by atoms with Crippen molar-refractivity contribution >= 4 is 26.0 Å². The van der Waals surface area contributed by atoms with Crippen LogP contribution in [0.5, 0.6) is 0 Å². The molecule has 0 aliphatic heterocycles. The van der Waals surface area contributed by atoms with Gasteiger partial charge in [-0.1, -0.05) is 6.07 Å².